The quantitative estimate of drug-likeness (QED) is 0.711. The Labute approximate surface area is 140 Å². The number of benzene rings is 1. The van der Waals surface area contributed by atoms with Gasteiger partial charge in [-0.2, -0.15) is 0 Å². The summed E-state index contributed by atoms with van der Waals surface area (Å²) in [6, 6.07) is 0. The summed E-state index contributed by atoms with van der Waals surface area (Å²) >= 11 is 0. The van der Waals surface area contributed by atoms with Crippen LogP contribution in [0.15, 0.2) is 0 Å². The fourth-order valence-electron chi connectivity index (χ4n) is 3.55. The van der Waals surface area contributed by atoms with Gasteiger partial charge in [0, 0.05) is 6.54 Å². The number of carbonyl (C=O) groups is 2. The topological polar surface area (TPSA) is 37.4 Å². The van der Waals surface area contributed by atoms with Crippen LogP contribution in [-0.2, 0) is 0 Å². The summed E-state index contributed by atoms with van der Waals surface area (Å²) in [6.07, 6.45) is 4.38. The molecule has 2 rings (SSSR count). The Morgan fingerprint density at radius 2 is 1.30 bits per heavy atom. The van der Waals surface area contributed by atoms with Crippen molar-refractivity contribution in [3.05, 3.63) is 33.4 Å². The monoisotopic (exact) mass is 315 g/mol. The normalized spacial score (nSPS) is 15.3. The number of hydrogen-bond acceptors (Lipinski definition) is 2. The highest BCUT2D eigenvalue weighted by Gasteiger charge is 2.39. The van der Waals surface area contributed by atoms with Gasteiger partial charge in [-0.15, -0.1) is 0 Å². The van der Waals surface area contributed by atoms with Crippen LogP contribution in [0.5, 0.6) is 0 Å². The largest absolute Gasteiger partial charge is 0.274 e. The van der Waals surface area contributed by atoms with Gasteiger partial charge in [0.25, 0.3) is 11.8 Å². The van der Waals surface area contributed by atoms with Crippen LogP contribution in [0.1, 0.15) is 82.5 Å². The van der Waals surface area contributed by atoms with Crippen LogP contribution in [0.3, 0.4) is 0 Å². The van der Waals surface area contributed by atoms with E-state index < -0.39 is 0 Å². The third-order valence-corrected chi connectivity index (χ3v) is 5.59. The van der Waals surface area contributed by atoms with E-state index in [-0.39, 0.29) is 11.8 Å². The minimum Gasteiger partial charge on any atom is -0.274 e. The molecule has 0 aliphatic carbocycles. The third-order valence-electron chi connectivity index (χ3n) is 5.59. The first-order valence-electron chi connectivity index (χ1n) is 8.81. The highest BCUT2D eigenvalue weighted by atomic mass is 16.2. The average Bonchev–Trinajstić information content (AvgIpc) is 2.78. The van der Waals surface area contributed by atoms with Gasteiger partial charge < -0.3 is 0 Å². The van der Waals surface area contributed by atoms with Crippen LogP contribution in [0.2, 0.25) is 0 Å². The second-order valence-corrected chi connectivity index (χ2v) is 6.89. The maximum Gasteiger partial charge on any atom is 0.261 e. The molecule has 1 atom stereocenters. The van der Waals surface area contributed by atoms with Crippen molar-refractivity contribution >= 4 is 11.8 Å². The summed E-state index contributed by atoms with van der Waals surface area (Å²) < 4.78 is 0. The molecule has 0 spiro atoms. The molecular weight excluding hydrogens is 286 g/mol. The van der Waals surface area contributed by atoms with E-state index in [0.717, 1.165) is 47.9 Å². The summed E-state index contributed by atoms with van der Waals surface area (Å²) in [4.78, 5) is 27.2. The van der Waals surface area contributed by atoms with Crippen molar-refractivity contribution in [3.63, 3.8) is 0 Å². The molecule has 1 aliphatic heterocycles. The maximum atomic E-state index is 12.9. The molecule has 1 aromatic rings. The number of fused-ring (bicyclic) bond motifs is 1. The lowest BCUT2D eigenvalue weighted by atomic mass is 9.90. The van der Waals surface area contributed by atoms with Crippen molar-refractivity contribution in [3.8, 4) is 0 Å². The first kappa shape index (κ1) is 17.7. The lowest BCUT2D eigenvalue weighted by molar-refractivity contribution is 0.0624. The van der Waals surface area contributed by atoms with Crippen LogP contribution >= 0.6 is 0 Å². The van der Waals surface area contributed by atoms with Crippen molar-refractivity contribution in [2.45, 2.75) is 67.2 Å². The Morgan fingerprint density at radius 3 is 1.70 bits per heavy atom. The summed E-state index contributed by atoms with van der Waals surface area (Å²) in [5, 5.41) is 0. The fourth-order valence-corrected chi connectivity index (χ4v) is 3.55. The van der Waals surface area contributed by atoms with Gasteiger partial charge in [0.05, 0.1) is 11.1 Å². The summed E-state index contributed by atoms with van der Waals surface area (Å²) in [7, 11) is 0. The van der Waals surface area contributed by atoms with Crippen molar-refractivity contribution in [1.29, 1.82) is 0 Å². The predicted molar refractivity (Wildman–Crippen MR) is 94.1 cm³/mol. The van der Waals surface area contributed by atoms with Crippen LogP contribution in [0, 0.1) is 33.6 Å². The number of carbonyl (C=O) groups excluding carboxylic acids is 2. The summed E-state index contributed by atoms with van der Waals surface area (Å²) in [5.41, 5.74) is 5.46. The van der Waals surface area contributed by atoms with E-state index in [1.165, 1.54) is 4.90 Å². The third kappa shape index (κ3) is 2.93. The smallest absolute Gasteiger partial charge is 0.261 e. The molecule has 0 saturated carbocycles. The molecule has 0 bridgehead atoms. The van der Waals surface area contributed by atoms with E-state index in [0.29, 0.717) is 23.6 Å². The van der Waals surface area contributed by atoms with Gasteiger partial charge in [-0.25, -0.2) is 0 Å². The molecule has 1 heterocycles. The lowest BCUT2D eigenvalue weighted by Crippen LogP contribution is -2.34. The number of amides is 2. The zero-order chi connectivity index (χ0) is 17.3. The molecular formula is C20H29NO2. The first-order chi connectivity index (χ1) is 10.8. The van der Waals surface area contributed by atoms with Gasteiger partial charge >= 0.3 is 0 Å². The molecule has 126 valence electrons. The van der Waals surface area contributed by atoms with Crippen molar-refractivity contribution in [2.24, 2.45) is 5.92 Å². The maximum absolute atomic E-state index is 12.9. The molecule has 0 N–H and O–H groups in total. The molecule has 0 saturated heterocycles. The van der Waals surface area contributed by atoms with Crippen molar-refractivity contribution in [2.75, 3.05) is 6.54 Å². The van der Waals surface area contributed by atoms with Crippen molar-refractivity contribution < 1.29 is 9.59 Å². The fraction of sp³-hybridized carbons (Fsp3) is 0.600. The number of hydrogen-bond donors (Lipinski definition) is 0. The number of unbranched alkanes of at least 4 members (excludes halogenated alkanes) is 1. The predicted octanol–water partition coefficient (Wildman–Crippen LogP) is 4.73. The van der Waals surface area contributed by atoms with Crippen LogP contribution < -0.4 is 0 Å². The molecule has 1 unspecified atom stereocenters. The second-order valence-electron chi connectivity index (χ2n) is 6.89. The Bertz CT molecular complexity index is 599. The average molecular weight is 315 g/mol. The number of rotatable bonds is 6. The molecule has 2 amide bonds. The van der Waals surface area contributed by atoms with Crippen LogP contribution in [-0.4, -0.2) is 23.3 Å². The molecule has 1 aromatic carbocycles. The second kappa shape index (κ2) is 6.86. The first-order valence-corrected chi connectivity index (χ1v) is 8.81. The Balaban J connectivity index is 2.38. The lowest BCUT2D eigenvalue weighted by Gasteiger charge is -2.21. The van der Waals surface area contributed by atoms with E-state index >= 15 is 0 Å². The van der Waals surface area contributed by atoms with E-state index in [2.05, 4.69) is 13.8 Å². The van der Waals surface area contributed by atoms with E-state index in [9.17, 15) is 9.59 Å². The SMILES string of the molecule is CCCCC(CC)CN1C(=O)c2c(C)c(C)c(C)c(C)c2C1=O. The highest BCUT2D eigenvalue weighted by Crippen LogP contribution is 2.34. The van der Waals surface area contributed by atoms with Gasteiger partial charge in [0.2, 0.25) is 0 Å². The molecule has 1 aliphatic rings. The minimum absolute atomic E-state index is 0.0938. The number of nitrogens with zero attached hydrogens (tertiary/aromatic N) is 1. The Morgan fingerprint density at radius 1 is 0.826 bits per heavy atom. The van der Waals surface area contributed by atoms with E-state index in [1.807, 2.05) is 27.7 Å². The van der Waals surface area contributed by atoms with Crippen molar-refractivity contribution in [1.82, 2.24) is 4.90 Å². The van der Waals surface area contributed by atoms with Gasteiger partial charge in [-0.05, 0) is 62.3 Å². The standard InChI is InChI=1S/C20H29NO2/c1-7-9-10-16(8-2)11-21-19(22)17-14(5)12(3)13(4)15(6)18(17)20(21)23/h16H,7-11H2,1-6H3. The molecule has 0 radical (unpaired) electrons. The minimum atomic E-state index is -0.0938. The van der Waals surface area contributed by atoms with Crippen LogP contribution in [0.25, 0.3) is 0 Å². The van der Waals surface area contributed by atoms with E-state index in [1.54, 1.807) is 0 Å². The van der Waals surface area contributed by atoms with Gasteiger partial charge in [-0.1, -0.05) is 33.1 Å². The Kier molecular flexibility index (Phi) is 5.28. The molecule has 23 heavy (non-hydrogen) atoms. The molecule has 0 fully saturated rings. The highest BCUT2D eigenvalue weighted by molar-refractivity contribution is 6.23. The molecule has 3 heteroatoms. The molecule has 0 aromatic heterocycles. The van der Waals surface area contributed by atoms with Crippen LogP contribution in [0.4, 0.5) is 0 Å². The number of imide groups is 1. The summed E-state index contributed by atoms with van der Waals surface area (Å²) in [5.74, 6) is 0.215. The zero-order valence-corrected chi connectivity index (χ0v) is 15.4. The summed E-state index contributed by atoms with van der Waals surface area (Å²) in [6.45, 7) is 12.9. The zero-order valence-electron chi connectivity index (χ0n) is 15.4. The Hall–Kier alpha value is -1.64. The van der Waals surface area contributed by atoms with Gasteiger partial charge in [0.15, 0.2) is 0 Å². The van der Waals surface area contributed by atoms with E-state index in [4.69, 9.17) is 0 Å². The molecule has 3 nitrogen and oxygen atoms in total. The van der Waals surface area contributed by atoms with Gasteiger partial charge in [-0.3, -0.25) is 14.5 Å². The van der Waals surface area contributed by atoms with Gasteiger partial charge in [0.1, 0.15) is 0 Å².